The van der Waals surface area contributed by atoms with Crippen LogP contribution >= 0.6 is 0 Å². The molecule has 2 aromatic carbocycles. The summed E-state index contributed by atoms with van der Waals surface area (Å²) in [5.41, 5.74) is 2.55. The number of benzene rings is 2. The van der Waals surface area contributed by atoms with E-state index in [1.54, 1.807) is 12.1 Å². The zero-order valence-electron chi connectivity index (χ0n) is 15.1. The van der Waals surface area contributed by atoms with Gasteiger partial charge in [0.25, 0.3) is 0 Å². The van der Waals surface area contributed by atoms with Gasteiger partial charge in [0.15, 0.2) is 6.10 Å². The van der Waals surface area contributed by atoms with Gasteiger partial charge in [-0.25, -0.2) is 17.9 Å². The predicted molar refractivity (Wildman–Crippen MR) is 97.8 cm³/mol. The molecule has 0 radical (unpaired) electrons. The van der Waals surface area contributed by atoms with Crippen LogP contribution in [0.3, 0.4) is 0 Å². The Balaban J connectivity index is 2.17. The second-order valence-corrected chi connectivity index (χ2v) is 7.83. The molecule has 0 aliphatic rings. The minimum absolute atomic E-state index is 0.0532. The van der Waals surface area contributed by atoms with E-state index in [1.807, 2.05) is 19.9 Å². The minimum Gasteiger partial charge on any atom is -0.451 e. The molecule has 7 heteroatoms. The third-order valence-corrected chi connectivity index (χ3v) is 5.51. The van der Waals surface area contributed by atoms with E-state index < -0.39 is 22.1 Å². The standard InChI is InChI=1S/C19H21NO5S/c1-12-8-9-15(10-13(12)2)18(21)14(3)25-19(22)16-6-5-7-17(11-16)26(23,24)20-4/h5-11,14,20H,1-4H3/t14-/m1/s1. The molecular formula is C19H21NO5S. The topological polar surface area (TPSA) is 89.5 Å². The van der Waals surface area contributed by atoms with Gasteiger partial charge in [0, 0.05) is 5.56 Å². The molecule has 0 spiro atoms. The van der Waals surface area contributed by atoms with Crippen molar-refractivity contribution >= 4 is 21.8 Å². The number of ether oxygens (including phenoxy) is 1. The maximum Gasteiger partial charge on any atom is 0.338 e. The molecular weight excluding hydrogens is 354 g/mol. The number of rotatable bonds is 6. The van der Waals surface area contributed by atoms with Crippen LogP contribution < -0.4 is 4.72 Å². The van der Waals surface area contributed by atoms with Crippen molar-refractivity contribution in [2.75, 3.05) is 7.05 Å². The summed E-state index contributed by atoms with van der Waals surface area (Å²) in [6, 6.07) is 10.7. The zero-order chi connectivity index (χ0) is 19.5. The van der Waals surface area contributed by atoms with Gasteiger partial charge in [-0.15, -0.1) is 0 Å². The first kappa shape index (κ1) is 19.8. The van der Waals surface area contributed by atoms with Crippen molar-refractivity contribution < 1.29 is 22.7 Å². The Bertz CT molecular complexity index is 950. The van der Waals surface area contributed by atoms with E-state index >= 15 is 0 Å². The molecule has 0 aliphatic heterocycles. The smallest absolute Gasteiger partial charge is 0.338 e. The normalized spacial score (nSPS) is 12.5. The van der Waals surface area contributed by atoms with E-state index in [4.69, 9.17) is 4.74 Å². The zero-order valence-corrected chi connectivity index (χ0v) is 15.9. The lowest BCUT2D eigenvalue weighted by Gasteiger charge is -2.13. The molecule has 0 saturated carbocycles. The van der Waals surface area contributed by atoms with Gasteiger partial charge in [-0.2, -0.15) is 0 Å². The molecule has 0 unspecified atom stereocenters. The molecule has 26 heavy (non-hydrogen) atoms. The van der Waals surface area contributed by atoms with E-state index in [9.17, 15) is 18.0 Å². The average molecular weight is 375 g/mol. The summed E-state index contributed by atoms with van der Waals surface area (Å²) in [5.74, 6) is -1.08. The Labute approximate surface area is 153 Å². The average Bonchev–Trinajstić information content (AvgIpc) is 2.63. The fraction of sp³-hybridized carbons (Fsp3) is 0.263. The number of hydrogen-bond acceptors (Lipinski definition) is 5. The van der Waals surface area contributed by atoms with Gasteiger partial charge in [-0.3, -0.25) is 4.79 Å². The van der Waals surface area contributed by atoms with Crippen LogP contribution in [-0.2, 0) is 14.8 Å². The predicted octanol–water partition coefficient (Wildman–Crippen LogP) is 2.64. The molecule has 6 nitrogen and oxygen atoms in total. The molecule has 2 rings (SSSR count). The van der Waals surface area contributed by atoms with Crippen LogP contribution in [0.1, 0.15) is 38.8 Å². The van der Waals surface area contributed by atoms with Gasteiger partial charge in [-0.1, -0.05) is 18.2 Å². The lowest BCUT2D eigenvalue weighted by Crippen LogP contribution is -2.25. The number of carbonyl (C=O) groups excluding carboxylic acids is 2. The Hall–Kier alpha value is -2.51. The SMILES string of the molecule is CNS(=O)(=O)c1cccc(C(=O)O[C@H](C)C(=O)c2ccc(C)c(C)c2)c1. The highest BCUT2D eigenvalue weighted by Crippen LogP contribution is 2.16. The number of ketones is 1. The van der Waals surface area contributed by atoms with Gasteiger partial charge in [0.05, 0.1) is 10.5 Å². The molecule has 0 aliphatic carbocycles. The Morgan fingerprint density at radius 1 is 1.00 bits per heavy atom. The second kappa shape index (κ2) is 7.80. The Morgan fingerprint density at radius 3 is 2.31 bits per heavy atom. The Morgan fingerprint density at radius 2 is 1.69 bits per heavy atom. The van der Waals surface area contributed by atoms with Gasteiger partial charge < -0.3 is 4.74 Å². The maximum atomic E-state index is 12.5. The van der Waals surface area contributed by atoms with Crippen molar-refractivity contribution in [3.8, 4) is 0 Å². The summed E-state index contributed by atoms with van der Waals surface area (Å²) in [4.78, 5) is 24.7. The van der Waals surface area contributed by atoms with Gasteiger partial charge in [-0.05, 0) is 63.2 Å². The van der Waals surface area contributed by atoms with Crippen molar-refractivity contribution in [1.82, 2.24) is 4.72 Å². The molecule has 1 atom stereocenters. The first-order valence-corrected chi connectivity index (χ1v) is 9.50. The summed E-state index contributed by atoms with van der Waals surface area (Å²) in [6.07, 6.45) is -0.992. The van der Waals surface area contributed by atoms with Gasteiger partial charge >= 0.3 is 5.97 Å². The summed E-state index contributed by atoms with van der Waals surface area (Å²) in [7, 11) is -2.39. The van der Waals surface area contributed by atoms with Crippen molar-refractivity contribution in [2.24, 2.45) is 0 Å². The molecule has 0 aromatic heterocycles. The monoisotopic (exact) mass is 375 g/mol. The van der Waals surface area contributed by atoms with Gasteiger partial charge in [0.2, 0.25) is 15.8 Å². The van der Waals surface area contributed by atoms with Crippen LogP contribution in [-0.4, -0.2) is 33.3 Å². The largest absolute Gasteiger partial charge is 0.451 e. The van der Waals surface area contributed by atoms with E-state index in [-0.39, 0.29) is 16.2 Å². The van der Waals surface area contributed by atoms with Crippen molar-refractivity contribution in [1.29, 1.82) is 0 Å². The molecule has 2 aromatic rings. The summed E-state index contributed by atoms with van der Waals surface area (Å²) < 4.78 is 31.1. The molecule has 0 bridgehead atoms. The number of carbonyl (C=O) groups is 2. The van der Waals surface area contributed by atoms with Crippen LogP contribution in [0.4, 0.5) is 0 Å². The third-order valence-electron chi connectivity index (χ3n) is 4.09. The number of esters is 1. The van der Waals surface area contributed by atoms with E-state index in [0.29, 0.717) is 5.56 Å². The summed E-state index contributed by atoms with van der Waals surface area (Å²) in [5, 5.41) is 0. The summed E-state index contributed by atoms with van der Waals surface area (Å²) >= 11 is 0. The number of hydrogen-bond donors (Lipinski definition) is 1. The third kappa shape index (κ3) is 4.36. The van der Waals surface area contributed by atoms with Crippen LogP contribution in [0.15, 0.2) is 47.4 Å². The minimum atomic E-state index is -3.68. The maximum absolute atomic E-state index is 12.5. The van der Waals surface area contributed by atoms with E-state index in [2.05, 4.69) is 4.72 Å². The highest BCUT2D eigenvalue weighted by Gasteiger charge is 2.22. The molecule has 0 amide bonds. The van der Waals surface area contributed by atoms with Crippen molar-refractivity contribution in [3.63, 3.8) is 0 Å². The fourth-order valence-corrected chi connectivity index (χ4v) is 3.10. The quantitative estimate of drug-likeness (QED) is 0.619. The van der Waals surface area contributed by atoms with Crippen molar-refractivity contribution in [2.45, 2.75) is 31.8 Å². The number of aryl methyl sites for hydroxylation is 2. The molecule has 138 valence electrons. The number of nitrogens with one attached hydrogen (secondary N) is 1. The Kier molecular flexibility index (Phi) is 5.94. The molecule has 0 fully saturated rings. The first-order valence-electron chi connectivity index (χ1n) is 8.02. The lowest BCUT2D eigenvalue weighted by molar-refractivity contribution is 0.0318. The summed E-state index contributed by atoms with van der Waals surface area (Å²) in [6.45, 7) is 5.33. The van der Waals surface area contributed by atoms with Crippen molar-refractivity contribution in [3.05, 3.63) is 64.7 Å². The molecule has 0 heterocycles. The van der Waals surface area contributed by atoms with E-state index in [1.165, 1.54) is 38.2 Å². The highest BCUT2D eigenvalue weighted by molar-refractivity contribution is 7.89. The first-order chi connectivity index (χ1) is 12.2. The fourth-order valence-electron chi connectivity index (χ4n) is 2.32. The lowest BCUT2D eigenvalue weighted by atomic mass is 10.0. The number of Topliss-reactive ketones (excluding diaryl/α,β-unsaturated/α-hetero) is 1. The van der Waals surface area contributed by atoms with Crippen LogP contribution in [0, 0.1) is 13.8 Å². The second-order valence-electron chi connectivity index (χ2n) is 5.95. The van der Waals surface area contributed by atoms with Crippen LogP contribution in [0.5, 0.6) is 0 Å². The highest BCUT2D eigenvalue weighted by atomic mass is 32.2. The van der Waals surface area contributed by atoms with Crippen LogP contribution in [0.25, 0.3) is 0 Å². The molecule has 0 saturated heterocycles. The number of sulfonamides is 1. The van der Waals surface area contributed by atoms with Gasteiger partial charge in [0.1, 0.15) is 0 Å². The van der Waals surface area contributed by atoms with Crippen LogP contribution in [0.2, 0.25) is 0 Å². The van der Waals surface area contributed by atoms with E-state index in [0.717, 1.165) is 11.1 Å². The molecule has 1 N–H and O–H groups in total.